The lowest BCUT2D eigenvalue weighted by Crippen LogP contribution is -2.43. The largest absolute Gasteiger partial charge is 0.341 e. The Morgan fingerprint density at radius 2 is 1.83 bits per heavy atom. The van der Waals surface area contributed by atoms with Crippen molar-refractivity contribution < 1.29 is 4.79 Å². The van der Waals surface area contributed by atoms with Crippen LogP contribution in [-0.4, -0.2) is 44.4 Å². The quantitative estimate of drug-likeness (QED) is 0.600. The fourth-order valence-corrected chi connectivity index (χ4v) is 5.91. The number of amides is 1. The third-order valence-electron chi connectivity index (χ3n) is 6.02. The van der Waals surface area contributed by atoms with Crippen molar-refractivity contribution in [2.75, 3.05) is 18.8 Å². The zero-order chi connectivity index (χ0) is 20.4. The molecule has 1 amide bonds. The van der Waals surface area contributed by atoms with Gasteiger partial charge in [-0.2, -0.15) is 0 Å². The van der Waals surface area contributed by atoms with E-state index in [1.165, 1.54) is 31.0 Å². The zero-order valence-corrected chi connectivity index (χ0v) is 18.8. The number of thioether (sulfide) groups is 1. The number of likely N-dealkylation sites (tertiary alicyclic amines) is 1. The van der Waals surface area contributed by atoms with Gasteiger partial charge in [0.2, 0.25) is 5.91 Å². The molecule has 1 aromatic heterocycles. The molecule has 0 spiro atoms. The van der Waals surface area contributed by atoms with Gasteiger partial charge in [-0.25, -0.2) is 0 Å². The third-order valence-corrected chi connectivity index (χ3v) is 7.27. The average molecular weight is 433 g/mol. The molecule has 0 radical (unpaired) electrons. The van der Waals surface area contributed by atoms with E-state index in [0.29, 0.717) is 28.7 Å². The second kappa shape index (κ2) is 9.09. The molecular weight excluding hydrogens is 404 g/mol. The SMILES string of the molecule is CC1CC(C)CN(C(=O)CSc2nnc(-c3ccccc3Cl)n2C2CCCC2)C1. The van der Waals surface area contributed by atoms with Crippen LogP contribution in [0.4, 0.5) is 0 Å². The standard InChI is InChI=1S/C22H29ClN4OS/c1-15-11-16(2)13-26(12-15)20(28)14-29-22-25-24-21(18-9-5-6-10-19(18)23)27(22)17-7-3-4-8-17/h5-6,9-10,15-17H,3-4,7-8,11-14H2,1-2H3. The molecule has 2 heterocycles. The lowest BCUT2D eigenvalue weighted by molar-refractivity contribution is -0.130. The van der Waals surface area contributed by atoms with Crippen LogP contribution < -0.4 is 0 Å². The van der Waals surface area contributed by atoms with E-state index in [4.69, 9.17) is 11.6 Å². The van der Waals surface area contributed by atoms with Crippen LogP contribution in [0.1, 0.15) is 52.0 Å². The third kappa shape index (κ3) is 4.64. The number of nitrogens with zero attached hydrogens (tertiary/aromatic N) is 4. The number of halogens is 1. The second-order valence-corrected chi connectivity index (χ2v) is 9.98. The summed E-state index contributed by atoms with van der Waals surface area (Å²) in [5.41, 5.74) is 0.908. The number of hydrogen-bond donors (Lipinski definition) is 0. The molecule has 156 valence electrons. The fourth-order valence-electron chi connectivity index (χ4n) is 4.78. The van der Waals surface area contributed by atoms with Crippen LogP contribution in [0, 0.1) is 11.8 Å². The van der Waals surface area contributed by atoms with Crippen molar-refractivity contribution in [1.29, 1.82) is 0 Å². The van der Waals surface area contributed by atoms with Gasteiger partial charge in [0.15, 0.2) is 11.0 Å². The molecule has 0 bridgehead atoms. The first kappa shape index (κ1) is 20.7. The zero-order valence-electron chi connectivity index (χ0n) is 17.2. The molecule has 2 unspecified atom stereocenters. The highest BCUT2D eigenvalue weighted by Crippen LogP contribution is 2.38. The molecule has 1 aromatic carbocycles. The Morgan fingerprint density at radius 1 is 1.14 bits per heavy atom. The lowest BCUT2D eigenvalue weighted by atomic mass is 9.92. The maximum Gasteiger partial charge on any atom is 0.233 e. The Hall–Kier alpha value is -1.53. The van der Waals surface area contributed by atoms with Gasteiger partial charge in [0, 0.05) is 24.7 Å². The number of benzene rings is 1. The van der Waals surface area contributed by atoms with Gasteiger partial charge < -0.3 is 4.90 Å². The van der Waals surface area contributed by atoms with Crippen LogP contribution in [0.25, 0.3) is 11.4 Å². The first-order valence-electron chi connectivity index (χ1n) is 10.6. The maximum absolute atomic E-state index is 12.9. The average Bonchev–Trinajstić information content (AvgIpc) is 3.35. The van der Waals surface area contributed by atoms with E-state index in [1.54, 1.807) is 0 Å². The van der Waals surface area contributed by atoms with Crippen LogP contribution in [0.3, 0.4) is 0 Å². The van der Waals surface area contributed by atoms with E-state index in [-0.39, 0.29) is 5.91 Å². The van der Waals surface area contributed by atoms with Gasteiger partial charge in [-0.05, 0) is 43.2 Å². The van der Waals surface area contributed by atoms with Crippen molar-refractivity contribution in [2.24, 2.45) is 11.8 Å². The number of carbonyl (C=O) groups excluding carboxylic acids is 1. The minimum absolute atomic E-state index is 0.202. The predicted octanol–water partition coefficient (Wildman–Crippen LogP) is 5.31. The summed E-state index contributed by atoms with van der Waals surface area (Å²) in [5, 5.41) is 10.5. The minimum Gasteiger partial charge on any atom is -0.341 e. The van der Waals surface area contributed by atoms with Crippen LogP contribution in [0.2, 0.25) is 5.02 Å². The van der Waals surface area contributed by atoms with Crippen LogP contribution in [0.5, 0.6) is 0 Å². The Labute approximate surface area is 182 Å². The van der Waals surface area contributed by atoms with Crippen LogP contribution in [-0.2, 0) is 4.79 Å². The Balaban J connectivity index is 1.54. The number of aromatic nitrogens is 3. The fraction of sp³-hybridized carbons (Fsp3) is 0.591. The van der Waals surface area contributed by atoms with E-state index in [9.17, 15) is 4.79 Å². The van der Waals surface area contributed by atoms with E-state index < -0.39 is 0 Å². The van der Waals surface area contributed by atoms with Crippen LogP contribution >= 0.6 is 23.4 Å². The highest BCUT2D eigenvalue weighted by atomic mass is 35.5. The molecule has 5 nitrogen and oxygen atoms in total. The van der Waals surface area contributed by atoms with E-state index in [0.717, 1.165) is 42.5 Å². The molecule has 2 atom stereocenters. The van der Waals surface area contributed by atoms with Crippen LogP contribution in [0.15, 0.2) is 29.4 Å². The van der Waals surface area contributed by atoms with Gasteiger partial charge in [0.1, 0.15) is 0 Å². The van der Waals surface area contributed by atoms with Crippen molar-refractivity contribution in [2.45, 2.75) is 57.1 Å². The molecule has 4 rings (SSSR count). The van der Waals surface area contributed by atoms with E-state index >= 15 is 0 Å². The summed E-state index contributed by atoms with van der Waals surface area (Å²) in [7, 11) is 0. The summed E-state index contributed by atoms with van der Waals surface area (Å²) in [4.78, 5) is 14.9. The predicted molar refractivity (Wildman–Crippen MR) is 118 cm³/mol. The summed E-state index contributed by atoms with van der Waals surface area (Å²) in [6.45, 7) is 6.19. The lowest BCUT2D eigenvalue weighted by Gasteiger charge is -2.35. The van der Waals surface area contributed by atoms with E-state index in [2.05, 4.69) is 28.6 Å². The summed E-state index contributed by atoms with van der Waals surface area (Å²) < 4.78 is 2.23. The molecule has 2 aliphatic rings. The molecule has 0 N–H and O–H groups in total. The van der Waals surface area contributed by atoms with Gasteiger partial charge in [-0.3, -0.25) is 9.36 Å². The number of carbonyl (C=O) groups is 1. The van der Waals surface area contributed by atoms with Gasteiger partial charge >= 0.3 is 0 Å². The highest BCUT2D eigenvalue weighted by molar-refractivity contribution is 7.99. The molecule has 2 aromatic rings. The van der Waals surface area contributed by atoms with Gasteiger partial charge in [-0.1, -0.05) is 62.2 Å². The molecule has 1 aliphatic heterocycles. The highest BCUT2D eigenvalue weighted by Gasteiger charge is 2.28. The van der Waals surface area contributed by atoms with Crippen molar-refractivity contribution in [3.63, 3.8) is 0 Å². The molecular formula is C22H29ClN4OS. The van der Waals surface area contributed by atoms with Crippen molar-refractivity contribution in [1.82, 2.24) is 19.7 Å². The molecule has 1 aliphatic carbocycles. The first-order valence-corrected chi connectivity index (χ1v) is 12.0. The van der Waals surface area contributed by atoms with Gasteiger partial charge in [0.25, 0.3) is 0 Å². The first-order chi connectivity index (χ1) is 14.0. The van der Waals surface area contributed by atoms with Crippen molar-refractivity contribution in [3.8, 4) is 11.4 Å². The summed E-state index contributed by atoms with van der Waals surface area (Å²) >= 11 is 7.97. The molecule has 29 heavy (non-hydrogen) atoms. The molecule has 1 saturated heterocycles. The molecule has 7 heteroatoms. The Bertz CT molecular complexity index is 854. The number of hydrogen-bond acceptors (Lipinski definition) is 4. The number of piperidine rings is 1. The summed E-state index contributed by atoms with van der Waals surface area (Å²) in [6, 6.07) is 8.16. The molecule has 1 saturated carbocycles. The Kier molecular flexibility index (Phi) is 6.50. The van der Waals surface area contributed by atoms with E-state index in [1.807, 2.05) is 29.2 Å². The Morgan fingerprint density at radius 3 is 2.52 bits per heavy atom. The van der Waals surface area contributed by atoms with Crippen molar-refractivity contribution in [3.05, 3.63) is 29.3 Å². The number of rotatable bonds is 5. The summed E-state index contributed by atoms with van der Waals surface area (Å²) in [5.74, 6) is 2.57. The molecule has 2 fully saturated rings. The summed E-state index contributed by atoms with van der Waals surface area (Å²) in [6.07, 6.45) is 5.89. The minimum atomic E-state index is 0.202. The maximum atomic E-state index is 12.9. The smallest absolute Gasteiger partial charge is 0.233 e. The second-order valence-electron chi connectivity index (χ2n) is 8.63. The van der Waals surface area contributed by atoms with Gasteiger partial charge in [-0.15, -0.1) is 10.2 Å². The topological polar surface area (TPSA) is 51.0 Å². The monoisotopic (exact) mass is 432 g/mol. The van der Waals surface area contributed by atoms with Gasteiger partial charge in [0.05, 0.1) is 10.8 Å². The normalized spacial score (nSPS) is 22.9. The van der Waals surface area contributed by atoms with Crippen molar-refractivity contribution >= 4 is 29.3 Å².